The zero-order valence-electron chi connectivity index (χ0n) is 12.9. The molecule has 1 aromatic rings. The van der Waals surface area contributed by atoms with Gasteiger partial charge >= 0.3 is 6.18 Å². The summed E-state index contributed by atoms with van der Waals surface area (Å²) in [5, 5.41) is 0. The summed E-state index contributed by atoms with van der Waals surface area (Å²) in [5.74, 6) is -0.371. The summed E-state index contributed by atoms with van der Waals surface area (Å²) in [6.45, 7) is 1.19. The first-order valence-electron chi connectivity index (χ1n) is 6.83. The number of aryl methyl sites for hydroxylation is 1. The molecule has 0 unspecified atom stereocenters. The highest BCUT2D eigenvalue weighted by Crippen LogP contribution is 2.39. The van der Waals surface area contributed by atoms with Crippen LogP contribution in [0.1, 0.15) is 24.0 Å². The molecule has 1 aromatic carbocycles. The molecule has 1 saturated carbocycles. The highest BCUT2D eigenvalue weighted by Gasteiger charge is 2.53. The van der Waals surface area contributed by atoms with Crippen molar-refractivity contribution in [3.63, 3.8) is 0 Å². The second-order valence-corrected chi connectivity index (χ2v) is 7.54. The number of halogens is 3. The number of amides is 1. The molecule has 0 bridgehead atoms. The van der Waals surface area contributed by atoms with Crippen molar-refractivity contribution >= 4 is 15.9 Å². The van der Waals surface area contributed by atoms with Crippen molar-refractivity contribution in [2.75, 3.05) is 14.1 Å². The van der Waals surface area contributed by atoms with E-state index < -0.39 is 27.3 Å². The highest BCUT2D eigenvalue weighted by molar-refractivity contribution is 7.89. The predicted octanol–water partition coefficient (Wildman–Crippen LogP) is 1.91. The minimum atomic E-state index is -4.54. The lowest BCUT2D eigenvalue weighted by Crippen LogP contribution is -2.48. The number of hydrogen-bond acceptors (Lipinski definition) is 3. The first-order chi connectivity index (χ1) is 10.4. The molecule has 2 rings (SSSR count). The van der Waals surface area contributed by atoms with E-state index in [-0.39, 0.29) is 16.4 Å². The highest BCUT2D eigenvalue weighted by atomic mass is 32.2. The molecule has 0 radical (unpaired) electrons. The monoisotopic (exact) mass is 350 g/mol. The van der Waals surface area contributed by atoms with Crippen LogP contribution in [0.3, 0.4) is 0 Å². The molecule has 23 heavy (non-hydrogen) atoms. The van der Waals surface area contributed by atoms with E-state index in [2.05, 4.69) is 4.72 Å². The van der Waals surface area contributed by atoms with E-state index in [0.29, 0.717) is 12.8 Å². The van der Waals surface area contributed by atoms with Crippen LogP contribution in [0.15, 0.2) is 23.1 Å². The molecule has 0 aliphatic heterocycles. The van der Waals surface area contributed by atoms with Gasteiger partial charge in [0.05, 0.1) is 10.5 Å². The third kappa shape index (κ3) is 3.50. The Morgan fingerprint density at radius 1 is 1.26 bits per heavy atom. The molecule has 0 aromatic heterocycles. The summed E-state index contributed by atoms with van der Waals surface area (Å²) in [4.78, 5) is 13.0. The summed E-state index contributed by atoms with van der Waals surface area (Å²) < 4.78 is 65.3. The quantitative estimate of drug-likeness (QED) is 0.902. The van der Waals surface area contributed by atoms with Gasteiger partial charge in [0.2, 0.25) is 15.9 Å². The van der Waals surface area contributed by atoms with Gasteiger partial charge in [0.25, 0.3) is 0 Å². The number of benzene rings is 1. The zero-order valence-corrected chi connectivity index (χ0v) is 13.7. The standard InChI is InChI=1S/C14H17F3N2O3S/c1-9-8-10(4-5-11(9)14(15,16)17)23(21,22)18-13(6-7-13)12(20)19(2)3/h4-5,8,18H,6-7H2,1-3H3. The first-order valence-corrected chi connectivity index (χ1v) is 8.31. The van der Waals surface area contributed by atoms with Gasteiger partial charge in [-0.25, -0.2) is 8.42 Å². The van der Waals surface area contributed by atoms with Gasteiger partial charge in [0, 0.05) is 14.1 Å². The lowest BCUT2D eigenvalue weighted by atomic mass is 10.1. The van der Waals surface area contributed by atoms with Crippen molar-refractivity contribution in [2.24, 2.45) is 0 Å². The molecule has 1 amide bonds. The van der Waals surface area contributed by atoms with Crippen LogP contribution in [-0.2, 0) is 21.0 Å². The lowest BCUT2D eigenvalue weighted by molar-refractivity contribution is -0.138. The Morgan fingerprint density at radius 3 is 2.22 bits per heavy atom. The van der Waals surface area contributed by atoms with Crippen LogP contribution in [0, 0.1) is 6.92 Å². The van der Waals surface area contributed by atoms with Crippen molar-refractivity contribution in [2.45, 2.75) is 36.4 Å². The largest absolute Gasteiger partial charge is 0.416 e. The van der Waals surface area contributed by atoms with Crippen LogP contribution in [0.25, 0.3) is 0 Å². The van der Waals surface area contributed by atoms with Crippen molar-refractivity contribution in [1.29, 1.82) is 0 Å². The van der Waals surface area contributed by atoms with Crippen molar-refractivity contribution in [3.8, 4) is 0 Å². The molecule has 1 fully saturated rings. The Bertz CT molecular complexity index is 738. The molecular formula is C14H17F3N2O3S. The number of likely N-dealkylation sites (N-methyl/N-ethyl adjacent to an activating group) is 1. The molecule has 5 nitrogen and oxygen atoms in total. The normalized spacial score (nSPS) is 17.0. The van der Waals surface area contributed by atoms with E-state index in [1.165, 1.54) is 25.9 Å². The SMILES string of the molecule is Cc1cc(S(=O)(=O)NC2(C(=O)N(C)C)CC2)ccc1C(F)(F)F. The van der Waals surface area contributed by atoms with Crippen LogP contribution in [0.5, 0.6) is 0 Å². The molecule has 1 aliphatic carbocycles. The fraction of sp³-hybridized carbons (Fsp3) is 0.500. The molecular weight excluding hydrogens is 333 g/mol. The van der Waals surface area contributed by atoms with E-state index in [9.17, 15) is 26.4 Å². The molecule has 9 heteroatoms. The van der Waals surface area contributed by atoms with Gasteiger partial charge in [0.15, 0.2) is 0 Å². The average molecular weight is 350 g/mol. The summed E-state index contributed by atoms with van der Waals surface area (Å²) >= 11 is 0. The second-order valence-electron chi connectivity index (χ2n) is 5.86. The summed E-state index contributed by atoms with van der Waals surface area (Å²) in [7, 11) is -1.06. The van der Waals surface area contributed by atoms with Gasteiger partial charge in [-0.3, -0.25) is 4.79 Å². The number of carbonyl (C=O) groups is 1. The van der Waals surface area contributed by atoms with Gasteiger partial charge in [0.1, 0.15) is 5.54 Å². The average Bonchev–Trinajstić information content (AvgIpc) is 3.16. The molecule has 1 N–H and O–H groups in total. The van der Waals surface area contributed by atoms with Crippen molar-refractivity contribution in [1.82, 2.24) is 9.62 Å². The lowest BCUT2D eigenvalue weighted by Gasteiger charge is -2.21. The Morgan fingerprint density at radius 2 is 1.83 bits per heavy atom. The second kappa shape index (κ2) is 5.48. The van der Waals surface area contributed by atoms with Crippen LogP contribution in [0.4, 0.5) is 13.2 Å². The number of carbonyl (C=O) groups excluding carboxylic acids is 1. The van der Waals surface area contributed by atoms with E-state index in [1.807, 2.05) is 0 Å². The minimum Gasteiger partial charge on any atom is -0.347 e. The van der Waals surface area contributed by atoms with E-state index in [0.717, 1.165) is 18.2 Å². The van der Waals surface area contributed by atoms with Crippen LogP contribution >= 0.6 is 0 Å². The van der Waals surface area contributed by atoms with Gasteiger partial charge in [-0.05, 0) is 43.5 Å². The molecule has 0 atom stereocenters. The van der Waals surface area contributed by atoms with E-state index in [1.54, 1.807) is 0 Å². The number of sulfonamides is 1. The summed E-state index contributed by atoms with van der Waals surface area (Å²) in [6, 6.07) is 2.59. The Hall–Kier alpha value is -1.61. The van der Waals surface area contributed by atoms with E-state index >= 15 is 0 Å². The Labute approximate surface area is 132 Å². The van der Waals surface area contributed by atoms with Crippen LogP contribution < -0.4 is 4.72 Å². The summed E-state index contributed by atoms with van der Waals surface area (Å²) in [6.07, 6.45) is -3.82. The van der Waals surface area contributed by atoms with Crippen LogP contribution in [0.2, 0.25) is 0 Å². The maximum atomic E-state index is 12.7. The molecule has 0 heterocycles. The maximum Gasteiger partial charge on any atom is 0.416 e. The molecule has 0 saturated heterocycles. The van der Waals surface area contributed by atoms with Gasteiger partial charge in [-0.15, -0.1) is 0 Å². The van der Waals surface area contributed by atoms with Crippen molar-refractivity contribution < 1.29 is 26.4 Å². The third-order valence-electron chi connectivity index (χ3n) is 3.71. The first kappa shape index (κ1) is 17.7. The smallest absolute Gasteiger partial charge is 0.347 e. The number of rotatable bonds is 4. The summed E-state index contributed by atoms with van der Waals surface area (Å²) in [5.41, 5.74) is -2.26. The van der Waals surface area contributed by atoms with Gasteiger partial charge < -0.3 is 4.90 Å². The Balaban J connectivity index is 2.31. The fourth-order valence-electron chi connectivity index (χ4n) is 2.35. The Kier molecular flexibility index (Phi) is 4.23. The number of alkyl halides is 3. The van der Waals surface area contributed by atoms with Gasteiger partial charge in [-0.1, -0.05) is 0 Å². The fourth-order valence-corrected chi connectivity index (χ4v) is 3.85. The number of nitrogens with one attached hydrogen (secondary N) is 1. The number of nitrogens with zero attached hydrogens (tertiary/aromatic N) is 1. The third-order valence-corrected chi connectivity index (χ3v) is 5.24. The topological polar surface area (TPSA) is 66.5 Å². The van der Waals surface area contributed by atoms with Gasteiger partial charge in [-0.2, -0.15) is 17.9 Å². The molecule has 0 spiro atoms. The zero-order chi connectivity index (χ0) is 17.6. The number of hydrogen-bond donors (Lipinski definition) is 1. The minimum absolute atomic E-state index is 0.191. The predicted molar refractivity (Wildman–Crippen MR) is 77.2 cm³/mol. The van der Waals surface area contributed by atoms with Crippen molar-refractivity contribution in [3.05, 3.63) is 29.3 Å². The van der Waals surface area contributed by atoms with E-state index in [4.69, 9.17) is 0 Å². The maximum absolute atomic E-state index is 12.7. The van der Waals surface area contributed by atoms with Crippen LogP contribution in [-0.4, -0.2) is 38.9 Å². The molecule has 128 valence electrons. The molecule has 1 aliphatic rings.